The Kier molecular flexibility index (Phi) is 3.42. The van der Waals surface area contributed by atoms with Gasteiger partial charge in [-0.15, -0.1) is 0 Å². The standard InChI is InChI=1S/C13H21N3/c1-3-11-8-12(14)16-13(15-11)10-6-4-5-9(2)7-10/h8-10H,3-7H2,1-2H3,(H2,14,15,16). The van der Waals surface area contributed by atoms with Crippen LogP contribution in [0.1, 0.15) is 57.0 Å². The first-order chi connectivity index (χ1) is 7.69. The van der Waals surface area contributed by atoms with Crippen LogP contribution in [0, 0.1) is 5.92 Å². The van der Waals surface area contributed by atoms with Crippen molar-refractivity contribution in [1.82, 2.24) is 9.97 Å². The zero-order chi connectivity index (χ0) is 11.5. The number of nitrogen functional groups attached to an aromatic ring is 1. The summed E-state index contributed by atoms with van der Waals surface area (Å²) in [5.41, 5.74) is 6.90. The summed E-state index contributed by atoms with van der Waals surface area (Å²) in [5, 5.41) is 0. The second kappa shape index (κ2) is 4.81. The Balaban J connectivity index is 2.21. The summed E-state index contributed by atoms with van der Waals surface area (Å²) in [4.78, 5) is 9.03. The molecule has 2 N–H and O–H groups in total. The minimum atomic E-state index is 0.526. The van der Waals surface area contributed by atoms with Crippen molar-refractivity contribution in [1.29, 1.82) is 0 Å². The van der Waals surface area contributed by atoms with Crippen LogP contribution in [0.4, 0.5) is 5.82 Å². The summed E-state index contributed by atoms with van der Waals surface area (Å²) in [7, 11) is 0. The van der Waals surface area contributed by atoms with E-state index in [1.807, 2.05) is 6.07 Å². The van der Waals surface area contributed by atoms with E-state index in [1.54, 1.807) is 0 Å². The Morgan fingerprint density at radius 2 is 2.19 bits per heavy atom. The van der Waals surface area contributed by atoms with Gasteiger partial charge in [0.1, 0.15) is 11.6 Å². The number of rotatable bonds is 2. The van der Waals surface area contributed by atoms with Crippen LogP contribution in [-0.4, -0.2) is 9.97 Å². The molecule has 1 aliphatic carbocycles. The molecule has 1 heterocycles. The van der Waals surface area contributed by atoms with Crippen LogP contribution in [0.2, 0.25) is 0 Å². The molecule has 1 aromatic heterocycles. The van der Waals surface area contributed by atoms with E-state index in [4.69, 9.17) is 5.73 Å². The van der Waals surface area contributed by atoms with Crippen molar-refractivity contribution in [2.45, 2.75) is 51.9 Å². The van der Waals surface area contributed by atoms with Crippen LogP contribution in [0.5, 0.6) is 0 Å². The van der Waals surface area contributed by atoms with Gasteiger partial charge in [0.15, 0.2) is 0 Å². The number of hydrogen-bond donors (Lipinski definition) is 1. The number of aromatic nitrogens is 2. The predicted octanol–water partition coefficient (Wildman–Crippen LogP) is 2.91. The van der Waals surface area contributed by atoms with Gasteiger partial charge in [0.25, 0.3) is 0 Å². The zero-order valence-electron chi connectivity index (χ0n) is 10.2. The van der Waals surface area contributed by atoms with Gasteiger partial charge < -0.3 is 5.73 Å². The summed E-state index contributed by atoms with van der Waals surface area (Å²) in [6.45, 7) is 4.42. The second-order valence-corrected chi connectivity index (χ2v) is 4.96. The van der Waals surface area contributed by atoms with Crippen molar-refractivity contribution in [2.75, 3.05) is 5.73 Å². The van der Waals surface area contributed by atoms with E-state index in [0.717, 1.165) is 23.9 Å². The zero-order valence-corrected chi connectivity index (χ0v) is 10.2. The molecule has 2 unspecified atom stereocenters. The first-order valence-electron chi connectivity index (χ1n) is 6.32. The molecule has 2 atom stereocenters. The van der Waals surface area contributed by atoms with Crippen LogP contribution >= 0.6 is 0 Å². The van der Waals surface area contributed by atoms with Crippen molar-refractivity contribution in [3.05, 3.63) is 17.6 Å². The van der Waals surface area contributed by atoms with Gasteiger partial charge in [-0.1, -0.05) is 26.7 Å². The van der Waals surface area contributed by atoms with Crippen molar-refractivity contribution in [3.63, 3.8) is 0 Å². The first kappa shape index (κ1) is 11.4. The molecule has 1 saturated carbocycles. The summed E-state index contributed by atoms with van der Waals surface area (Å²) in [6, 6.07) is 1.88. The van der Waals surface area contributed by atoms with E-state index in [1.165, 1.54) is 25.7 Å². The highest BCUT2D eigenvalue weighted by Crippen LogP contribution is 2.34. The van der Waals surface area contributed by atoms with Crippen molar-refractivity contribution in [2.24, 2.45) is 5.92 Å². The van der Waals surface area contributed by atoms with Crippen LogP contribution in [-0.2, 0) is 6.42 Å². The third-order valence-corrected chi connectivity index (χ3v) is 3.48. The third kappa shape index (κ3) is 2.52. The molecule has 16 heavy (non-hydrogen) atoms. The maximum absolute atomic E-state index is 5.83. The SMILES string of the molecule is CCc1cc(N)nc(C2CCCC(C)C2)n1. The maximum Gasteiger partial charge on any atom is 0.134 e. The molecule has 0 aromatic carbocycles. The fourth-order valence-corrected chi connectivity index (χ4v) is 2.57. The summed E-state index contributed by atoms with van der Waals surface area (Å²) in [5.74, 6) is 2.93. The smallest absolute Gasteiger partial charge is 0.134 e. The van der Waals surface area contributed by atoms with Crippen molar-refractivity contribution >= 4 is 5.82 Å². The Labute approximate surface area is 97.5 Å². The highest BCUT2D eigenvalue weighted by molar-refractivity contribution is 5.30. The highest BCUT2D eigenvalue weighted by Gasteiger charge is 2.22. The number of hydrogen-bond acceptors (Lipinski definition) is 3. The van der Waals surface area contributed by atoms with Gasteiger partial charge in [-0.25, -0.2) is 9.97 Å². The molecule has 1 fully saturated rings. The van der Waals surface area contributed by atoms with E-state index in [2.05, 4.69) is 23.8 Å². The Hall–Kier alpha value is -1.12. The Morgan fingerprint density at radius 3 is 2.88 bits per heavy atom. The molecule has 3 nitrogen and oxygen atoms in total. The van der Waals surface area contributed by atoms with E-state index in [9.17, 15) is 0 Å². The van der Waals surface area contributed by atoms with Crippen LogP contribution in [0.25, 0.3) is 0 Å². The predicted molar refractivity (Wildman–Crippen MR) is 66.2 cm³/mol. The molecule has 0 bridgehead atoms. The van der Waals surface area contributed by atoms with E-state index >= 15 is 0 Å². The van der Waals surface area contributed by atoms with Gasteiger partial charge in [-0.2, -0.15) is 0 Å². The quantitative estimate of drug-likeness (QED) is 0.832. The number of nitrogens with two attached hydrogens (primary N) is 1. The summed E-state index contributed by atoms with van der Waals surface area (Å²) in [6.07, 6.45) is 6.01. The molecule has 0 spiro atoms. The van der Waals surface area contributed by atoms with Gasteiger partial charge >= 0.3 is 0 Å². The lowest BCUT2D eigenvalue weighted by Gasteiger charge is -2.25. The molecule has 88 valence electrons. The topological polar surface area (TPSA) is 51.8 Å². The molecule has 0 saturated heterocycles. The van der Waals surface area contributed by atoms with Gasteiger partial charge in [-0.3, -0.25) is 0 Å². The maximum atomic E-state index is 5.83. The average molecular weight is 219 g/mol. The Bertz CT molecular complexity index is 362. The van der Waals surface area contributed by atoms with E-state index in [0.29, 0.717) is 11.7 Å². The van der Waals surface area contributed by atoms with Crippen molar-refractivity contribution in [3.8, 4) is 0 Å². The Morgan fingerprint density at radius 1 is 1.38 bits per heavy atom. The van der Waals surface area contributed by atoms with E-state index < -0.39 is 0 Å². The van der Waals surface area contributed by atoms with Gasteiger partial charge in [0.05, 0.1) is 0 Å². The minimum Gasteiger partial charge on any atom is -0.384 e. The van der Waals surface area contributed by atoms with Crippen molar-refractivity contribution < 1.29 is 0 Å². The lowest BCUT2D eigenvalue weighted by atomic mass is 9.82. The molecule has 0 amide bonds. The van der Waals surface area contributed by atoms with Crippen LogP contribution in [0.15, 0.2) is 6.07 Å². The van der Waals surface area contributed by atoms with E-state index in [-0.39, 0.29) is 0 Å². The second-order valence-electron chi connectivity index (χ2n) is 4.96. The molecule has 0 aliphatic heterocycles. The van der Waals surface area contributed by atoms with Crippen LogP contribution < -0.4 is 5.73 Å². The average Bonchev–Trinajstić information content (AvgIpc) is 2.28. The molecule has 3 heteroatoms. The third-order valence-electron chi connectivity index (χ3n) is 3.48. The largest absolute Gasteiger partial charge is 0.384 e. The normalized spacial score (nSPS) is 25.6. The van der Waals surface area contributed by atoms with Gasteiger partial charge in [0, 0.05) is 17.7 Å². The molecular formula is C13H21N3. The summed E-state index contributed by atoms with van der Waals surface area (Å²) < 4.78 is 0. The lowest BCUT2D eigenvalue weighted by Crippen LogP contribution is -2.15. The fraction of sp³-hybridized carbons (Fsp3) is 0.692. The summed E-state index contributed by atoms with van der Waals surface area (Å²) >= 11 is 0. The monoisotopic (exact) mass is 219 g/mol. The molecule has 1 aliphatic rings. The molecule has 1 aromatic rings. The number of nitrogens with zero attached hydrogens (tertiary/aromatic N) is 2. The fourth-order valence-electron chi connectivity index (χ4n) is 2.57. The van der Waals surface area contributed by atoms with Gasteiger partial charge in [-0.05, 0) is 25.2 Å². The minimum absolute atomic E-state index is 0.526. The molecule has 2 rings (SSSR count). The van der Waals surface area contributed by atoms with Crippen LogP contribution in [0.3, 0.4) is 0 Å². The highest BCUT2D eigenvalue weighted by atomic mass is 15.0. The molecular weight excluding hydrogens is 198 g/mol. The van der Waals surface area contributed by atoms with Gasteiger partial charge in [0.2, 0.25) is 0 Å². The molecule has 0 radical (unpaired) electrons. The number of anilines is 1. The lowest BCUT2D eigenvalue weighted by molar-refractivity contribution is 0.335. The number of aryl methyl sites for hydroxylation is 1. The first-order valence-corrected chi connectivity index (χ1v) is 6.32.